The van der Waals surface area contributed by atoms with Gasteiger partial charge in [0.15, 0.2) is 0 Å². The molecular weight excluding hydrogens is 136 g/mol. The summed E-state index contributed by atoms with van der Waals surface area (Å²) >= 11 is 0. The van der Waals surface area contributed by atoms with E-state index in [1.54, 1.807) is 0 Å². The van der Waals surface area contributed by atoms with Gasteiger partial charge in [-0.3, -0.25) is 4.90 Å². The van der Waals surface area contributed by atoms with Gasteiger partial charge in [0, 0.05) is 18.6 Å². The van der Waals surface area contributed by atoms with E-state index in [0.29, 0.717) is 12.1 Å². The summed E-state index contributed by atoms with van der Waals surface area (Å²) in [7, 11) is 0. The van der Waals surface area contributed by atoms with E-state index in [1.807, 2.05) is 0 Å². The van der Waals surface area contributed by atoms with Crippen molar-refractivity contribution in [1.82, 2.24) is 4.90 Å². The van der Waals surface area contributed by atoms with Gasteiger partial charge in [-0.1, -0.05) is 13.8 Å². The molecule has 11 heavy (non-hydrogen) atoms. The van der Waals surface area contributed by atoms with Gasteiger partial charge in [-0.05, 0) is 26.8 Å². The molecule has 0 heterocycles. The van der Waals surface area contributed by atoms with Gasteiger partial charge in [0.05, 0.1) is 0 Å². The predicted octanol–water partition coefficient (Wildman–Crippen LogP) is 1.45. The minimum Gasteiger partial charge on any atom is -0.327 e. The zero-order valence-corrected chi connectivity index (χ0v) is 8.30. The Balaban J connectivity index is 3.74. The van der Waals surface area contributed by atoms with Crippen molar-refractivity contribution in [2.75, 3.05) is 13.1 Å². The van der Waals surface area contributed by atoms with E-state index in [1.165, 1.54) is 6.42 Å². The van der Waals surface area contributed by atoms with Crippen LogP contribution >= 0.6 is 0 Å². The zero-order chi connectivity index (χ0) is 8.85. The van der Waals surface area contributed by atoms with Crippen molar-refractivity contribution in [2.24, 2.45) is 5.73 Å². The van der Waals surface area contributed by atoms with Crippen LogP contribution in [0.15, 0.2) is 0 Å². The molecule has 2 atom stereocenters. The highest BCUT2D eigenvalue weighted by Crippen LogP contribution is 2.02. The summed E-state index contributed by atoms with van der Waals surface area (Å²) in [6, 6.07) is 0.968. The molecule has 0 bridgehead atoms. The number of rotatable bonds is 5. The molecular formula is C9H22N2. The molecule has 2 N–H and O–H groups in total. The molecule has 2 nitrogen and oxygen atoms in total. The van der Waals surface area contributed by atoms with Crippen LogP contribution in [0.3, 0.4) is 0 Å². The highest BCUT2D eigenvalue weighted by Gasteiger charge is 2.10. The van der Waals surface area contributed by atoms with Crippen LogP contribution in [0, 0.1) is 0 Å². The first kappa shape index (κ1) is 10.9. The lowest BCUT2D eigenvalue weighted by Crippen LogP contribution is -2.40. The first-order valence-electron chi connectivity index (χ1n) is 4.61. The van der Waals surface area contributed by atoms with Crippen molar-refractivity contribution < 1.29 is 0 Å². The normalized spacial score (nSPS) is 16.9. The number of nitrogens with zero attached hydrogens (tertiary/aromatic N) is 1. The Hall–Kier alpha value is -0.0800. The maximum absolute atomic E-state index is 5.72. The number of likely N-dealkylation sites (N-methyl/N-ethyl adjacent to an activating group) is 1. The molecule has 0 aliphatic heterocycles. The molecule has 0 aliphatic carbocycles. The minimum atomic E-state index is 0.295. The van der Waals surface area contributed by atoms with Crippen LogP contribution in [-0.2, 0) is 0 Å². The summed E-state index contributed by atoms with van der Waals surface area (Å²) in [6.07, 6.45) is 1.21. The lowest BCUT2D eigenvalue weighted by molar-refractivity contribution is 0.205. The van der Waals surface area contributed by atoms with Gasteiger partial charge in [-0.2, -0.15) is 0 Å². The third-order valence-corrected chi connectivity index (χ3v) is 2.14. The predicted molar refractivity (Wildman–Crippen MR) is 50.6 cm³/mol. The fourth-order valence-electron chi connectivity index (χ4n) is 1.25. The van der Waals surface area contributed by atoms with Gasteiger partial charge in [0.1, 0.15) is 0 Å². The fourth-order valence-corrected chi connectivity index (χ4v) is 1.25. The van der Waals surface area contributed by atoms with Crippen molar-refractivity contribution in [2.45, 2.75) is 46.2 Å². The maximum atomic E-state index is 5.72. The monoisotopic (exact) mass is 158 g/mol. The molecule has 0 aromatic heterocycles. The number of nitrogens with two attached hydrogens (primary N) is 1. The van der Waals surface area contributed by atoms with E-state index in [-0.39, 0.29) is 0 Å². The molecule has 0 saturated carbocycles. The molecule has 0 fully saturated rings. The van der Waals surface area contributed by atoms with E-state index in [0.717, 1.165) is 13.1 Å². The van der Waals surface area contributed by atoms with E-state index in [4.69, 9.17) is 5.73 Å². The molecule has 0 aromatic rings. The van der Waals surface area contributed by atoms with Crippen LogP contribution in [0.5, 0.6) is 0 Å². The van der Waals surface area contributed by atoms with Gasteiger partial charge >= 0.3 is 0 Å². The topological polar surface area (TPSA) is 29.3 Å². The van der Waals surface area contributed by atoms with Crippen molar-refractivity contribution in [1.29, 1.82) is 0 Å². The average molecular weight is 158 g/mol. The lowest BCUT2D eigenvalue weighted by Gasteiger charge is -2.28. The maximum Gasteiger partial charge on any atom is 0.0139 e. The summed E-state index contributed by atoms with van der Waals surface area (Å²) in [5.74, 6) is 0. The Morgan fingerprint density at radius 1 is 1.27 bits per heavy atom. The third-order valence-electron chi connectivity index (χ3n) is 2.14. The molecule has 0 rings (SSSR count). The van der Waals surface area contributed by atoms with Gasteiger partial charge < -0.3 is 5.73 Å². The largest absolute Gasteiger partial charge is 0.327 e. The van der Waals surface area contributed by atoms with Crippen LogP contribution in [0.4, 0.5) is 0 Å². The average Bonchev–Trinajstić information content (AvgIpc) is 1.98. The smallest absolute Gasteiger partial charge is 0.0139 e. The Labute approximate surface area is 70.8 Å². The molecule has 0 radical (unpaired) electrons. The highest BCUT2D eigenvalue weighted by atomic mass is 15.2. The van der Waals surface area contributed by atoms with Gasteiger partial charge in [0.25, 0.3) is 0 Å². The third kappa shape index (κ3) is 4.38. The zero-order valence-electron chi connectivity index (χ0n) is 8.30. The summed E-state index contributed by atoms with van der Waals surface area (Å²) in [6.45, 7) is 10.8. The van der Waals surface area contributed by atoms with Crippen molar-refractivity contribution >= 4 is 0 Å². The fraction of sp³-hybridized carbons (Fsp3) is 1.00. The number of hydrogen-bond acceptors (Lipinski definition) is 2. The molecule has 68 valence electrons. The first-order valence-corrected chi connectivity index (χ1v) is 4.61. The molecule has 0 aromatic carbocycles. The summed E-state index contributed by atoms with van der Waals surface area (Å²) in [5, 5.41) is 0. The van der Waals surface area contributed by atoms with E-state index >= 15 is 0 Å². The van der Waals surface area contributed by atoms with Gasteiger partial charge in [0.2, 0.25) is 0 Å². The van der Waals surface area contributed by atoms with E-state index in [9.17, 15) is 0 Å². The van der Waals surface area contributed by atoms with Crippen molar-refractivity contribution in [3.8, 4) is 0 Å². The first-order chi connectivity index (χ1) is 5.11. The molecule has 0 aliphatic rings. The second kappa shape index (κ2) is 5.56. The van der Waals surface area contributed by atoms with Crippen LogP contribution in [0.25, 0.3) is 0 Å². The minimum absolute atomic E-state index is 0.295. The molecule has 2 heteroatoms. The summed E-state index contributed by atoms with van der Waals surface area (Å²) in [4.78, 5) is 2.42. The Bertz CT molecular complexity index is 91.6. The van der Waals surface area contributed by atoms with E-state index < -0.39 is 0 Å². The van der Waals surface area contributed by atoms with Crippen LogP contribution in [-0.4, -0.2) is 30.1 Å². The van der Waals surface area contributed by atoms with Gasteiger partial charge in [-0.25, -0.2) is 0 Å². The second-order valence-electron chi connectivity index (χ2n) is 3.32. The SMILES string of the molecule is CCC(C)N(CC)CC(C)N. The van der Waals surface area contributed by atoms with Crippen molar-refractivity contribution in [3.63, 3.8) is 0 Å². The molecule has 0 amide bonds. The van der Waals surface area contributed by atoms with Crippen LogP contribution in [0.1, 0.15) is 34.1 Å². The van der Waals surface area contributed by atoms with Gasteiger partial charge in [-0.15, -0.1) is 0 Å². The highest BCUT2D eigenvalue weighted by molar-refractivity contribution is 4.68. The van der Waals surface area contributed by atoms with E-state index in [2.05, 4.69) is 32.6 Å². The lowest BCUT2D eigenvalue weighted by atomic mass is 10.2. The quantitative estimate of drug-likeness (QED) is 0.656. The van der Waals surface area contributed by atoms with Crippen LogP contribution < -0.4 is 5.73 Å². The molecule has 0 saturated heterocycles. The van der Waals surface area contributed by atoms with Crippen LogP contribution in [0.2, 0.25) is 0 Å². The Kier molecular flexibility index (Phi) is 5.51. The summed E-state index contributed by atoms with van der Waals surface area (Å²) in [5.41, 5.74) is 5.72. The molecule has 0 spiro atoms. The summed E-state index contributed by atoms with van der Waals surface area (Å²) < 4.78 is 0. The Morgan fingerprint density at radius 3 is 2.09 bits per heavy atom. The Morgan fingerprint density at radius 2 is 1.82 bits per heavy atom. The molecule has 2 unspecified atom stereocenters. The second-order valence-corrected chi connectivity index (χ2v) is 3.32. The number of hydrogen-bond donors (Lipinski definition) is 1. The van der Waals surface area contributed by atoms with Crippen molar-refractivity contribution in [3.05, 3.63) is 0 Å². The standard InChI is InChI=1S/C9H22N2/c1-5-9(4)11(6-2)7-8(3)10/h8-9H,5-7,10H2,1-4H3.